The molecule has 0 saturated heterocycles. The summed E-state index contributed by atoms with van der Waals surface area (Å²) in [5.74, 6) is 1.16. The topological polar surface area (TPSA) is 83.0 Å². The second-order valence-electron chi connectivity index (χ2n) is 5.98. The maximum absolute atomic E-state index is 12.1. The van der Waals surface area contributed by atoms with Crippen LogP contribution in [0.15, 0.2) is 54.9 Å². The Hall–Kier alpha value is -3.48. The van der Waals surface area contributed by atoms with Crippen molar-refractivity contribution in [1.29, 1.82) is 0 Å². The molecule has 0 spiro atoms. The van der Waals surface area contributed by atoms with E-state index in [9.17, 15) is 4.79 Å². The molecular weight excluding hydrogens is 328 g/mol. The number of hydrogen-bond acceptors (Lipinski definition) is 6. The van der Waals surface area contributed by atoms with E-state index in [4.69, 9.17) is 0 Å². The summed E-state index contributed by atoms with van der Waals surface area (Å²) in [6.07, 6.45) is 3.16. The molecule has 2 N–H and O–H groups in total. The van der Waals surface area contributed by atoms with E-state index in [1.54, 1.807) is 18.3 Å². The Morgan fingerprint density at radius 1 is 1.04 bits per heavy atom. The van der Waals surface area contributed by atoms with Gasteiger partial charge in [0.2, 0.25) is 5.95 Å². The highest BCUT2D eigenvalue weighted by Gasteiger charge is 2.07. The Morgan fingerprint density at radius 3 is 2.42 bits per heavy atom. The number of carbonyl (C=O) groups is 1. The van der Waals surface area contributed by atoms with E-state index in [0.717, 1.165) is 17.2 Å². The molecule has 2 heterocycles. The van der Waals surface area contributed by atoms with Gasteiger partial charge in [0.15, 0.2) is 0 Å². The normalized spacial score (nSPS) is 10.3. The average Bonchev–Trinajstić information content (AvgIpc) is 2.63. The Morgan fingerprint density at radius 2 is 1.77 bits per heavy atom. The van der Waals surface area contributed by atoms with Gasteiger partial charge in [-0.3, -0.25) is 9.78 Å². The van der Waals surface area contributed by atoms with Gasteiger partial charge in [-0.2, -0.15) is 4.98 Å². The molecule has 0 aliphatic carbocycles. The third-order valence-corrected chi connectivity index (χ3v) is 3.62. The van der Waals surface area contributed by atoms with E-state index < -0.39 is 0 Å². The minimum Gasteiger partial charge on any atom is -0.363 e. The van der Waals surface area contributed by atoms with Crippen LogP contribution in [-0.4, -0.2) is 35.0 Å². The molecule has 3 rings (SSSR count). The Bertz CT molecular complexity index is 894. The highest BCUT2D eigenvalue weighted by Crippen LogP contribution is 2.19. The average molecular weight is 348 g/mol. The Labute approximate surface area is 152 Å². The lowest BCUT2D eigenvalue weighted by molar-refractivity contribution is 0.102. The van der Waals surface area contributed by atoms with Crippen molar-refractivity contribution in [2.45, 2.75) is 6.92 Å². The van der Waals surface area contributed by atoms with Crippen LogP contribution < -0.4 is 15.5 Å². The summed E-state index contributed by atoms with van der Waals surface area (Å²) in [6.45, 7) is 1.93. The van der Waals surface area contributed by atoms with Crippen molar-refractivity contribution in [2.75, 3.05) is 29.6 Å². The van der Waals surface area contributed by atoms with Crippen molar-refractivity contribution < 1.29 is 4.79 Å². The third kappa shape index (κ3) is 4.32. The monoisotopic (exact) mass is 348 g/mol. The number of carbonyl (C=O) groups excluding carboxylic acids is 1. The second kappa shape index (κ2) is 7.60. The van der Waals surface area contributed by atoms with Crippen molar-refractivity contribution in [2.24, 2.45) is 0 Å². The summed E-state index contributed by atoms with van der Waals surface area (Å²) in [7, 11) is 3.87. The van der Waals surface area contributed by atoms with Crippen molar-refractivity contribution in [3.8, 4) is 0 Å². The number of pyridine rings is 1. The first kappa shape index (κ1) is 17.3. The van der Waals surface area contributed by atoms with Crippen LogP contribution in [0.5, 0.6) is 0 Å². The summed E-state index contributed by atoms with van der Waals surface area (Å²) in [5.41, 5.74) is 2.92. The van der Waals surface area contributed by atoms with Gasteiger partial charge in [-0.1, -0.05) is 0 Å². The fourth-order valence-electron chi connectivity index (χ4n) is 2.30. The van der Waals surface area contributed by atoms with Crippen LogP contribution >= 0.6 is 0 Å². The first-order valence-corrected chi connectivity index (χ1v) is 8.13. The van der Waals surface area contributed by atoms with Gasteiger partial charge in [-0.05, 0) is 43.3 Å². The van der Waals surface area contributed by atoms with E-state index in [-0.39, 0.29) is 5.91 Å². The predicted octanol–water partition coefficient (Wildman–Crippen LogP) is 3.24. The van der Waals surface area contributed by atoms with E-state index in [0.29, 0.717) is 17.2 Å². The Balaban J connectivity index is 1.69. The summed E-state index contributed by atoms with van der Waals surface area (Å²) in [6, 6.07) is 12.7. The van der Waals surface area contributed by atoms with Crippen LogP contribution in [0, 0.1) is 6.92 Å². The van der Waals surface area contributed by atoms with Crippen LogP contribution in [0.3, 0.4) is 0 Å². The number of amides is 1. The van der Waals surface area contributed by atoms with Gasteiger partial charge in [0.25, 0.3) is 5.91 Å². The molecule has 3 aromatic rings. The first-order valence-electron chi connectivity index (χ1n) is 8.13. The number of rotatable bonds is 5. The molecule has 7 nitrogen and oxygen atoms in total. The molecule has 0 aliphatic heterocycles. The van der Waals surface area contributed by atoms with Crippen LogP contribution in [0.2, 0.25) is 0 Å². The summed E-state index contributed by atoms with van der Waals surface area (Å²) in [5, 5.41) is 6.02. The lowest BCUT2D eigenvalue weighted by Gasteiger charge is -2.14. The summed E-state index contributed by atoms with van der Waals surface area (Å²) in [4.78, 5) is 26.9. The second-order valence-corrected chi connectivity index (χ2v) is 5.98. The van der Waals surface area contributed by atoms with Gasteiger partial charge in [0, 0.05) is 49.6 Å². The van der Waals surface area contributed by atoms with Crippen LogP contribution in [0.25, 0.3) is 0 Å². The molecule has 0 bridgehead atoms. The third-order valence-electron chi connectivity index (χ3n) is 3.62. The van der Waals surface area contributed by atoms with E-state index in [2.05, 4.69) is 25.6 Å². The van der Waals surface area contributed by atoms with E-state index in [1.807, 2.05) is 56.3 Å². The number of benzene rings is 1. The smallest absolute Gasteiger partial charge is 0.257 e. The molecule has 132 valence electrons. The maximum Gasteiger partial charge on any atom is 0.257 e. The molecule has 26 heavy (non-hydrogen) atoms. The lowest BCUT2D eigenvalue weighted by Crippen LogP contribution is -2.13. The van der Waals surface area contributed by atoms with Crippen molar-refractivity contribution in [3.05, 3.63) is 66.1 Å². The van der Waals surface area contributed by atoms with Crippen molar-refractivity contribution >= 4 is 29.0 Å². The molecule has 0 unspecified atom stereocenters. The number of nitrogens with zero attached hydrogens (tertiary/aromatic N) is 4. The van der Waals surface area contributed by atoms with Gasteiger partial charge >= 0.3 is 0 Å². The van der Waals surface area contributed by atoms with Crippen LogP contribution in [0.4, 0.5) is 23.1 Å². The van der Waals surface area contributed by atoms with E-state index >= 15 is 0 Å². The van der Waals surface area contributed by atoms with Gasteiger partial charge in [-0.15, -0.1) is 0 Å². The zero-order valence-corrected chi connectivity index (χ0v) is 14.9. The van der Waals surface area contributed by atoms with Crippen molar-refractivity contribution in [3.63, 3.8) is 0 Å². The fourth-order valence-corrected chi connectivity index (χ4v) is 2.30. The quantitative estimate of drug-likeness (QED) is 0.736. The van der Waals surface area contributed by atoms with Gasteiger partial charge in [-0.25, -0.2) is 4.98 Å². The molecule has 0 atom stereocenters. The maximum atomic E-state index is 12.1. The minimum atomic E-state index is -0.198. The highest BCUT2D eigenvalue weighted by atomic mass is 16.1. The van der Waals surface area contributed by atoms with Gasteiger partial charge in [0.1, 0.15) is 5.82 Å². The number of hydrogen-bond donors (Lipinski definition) is 2. The first-order chi connectivity index (χ1) is 12.5. The zero-order chi connectivity index (χ0) is 18.5. The SMILES string of the molecule is Cc1cc(N(C)C)nc(Nc2ccc(NC(=O)c3cccnc3)cc2)n1. The Kier molecular flexibility index (Phi) is 5.07. The van der Waals surface area contributed by atoms with E-state index in [1.165, 1.54) is 6.20 Å². The lowest BCUT2D eigenvalue weighted by atomic mass is 10.2. The van der Waals surface area contributed by atoms with Crippen LogP contribution in [0.1, 0.15) is 16.1 Å². The number of aryl methyl sites for hydroxylation is 1. The minimum absolute atomic E-state index is 0.198. The van der Waals surface area contributed by atoms with Crippen LogP contribution in [-0.2, 0) is 0 Å². The molecule has 0 fully saturated rings. The molecule has 7 heteroatoms. The number of anilines is 4. The zero-order valence-electron chi connectivity index (χ0n) is 14.9. The largest absolute Gasteiger partial charge is 0.363 e. The molecule has 0 saturated carbocycles. The molecular formula is C19H20N6O. The molecule has 0 aliphatic rings. The molecule has 2 aromatic heterocycles. The number of nitrogens with one attached hydrogen (secondary N) is 2. The molecule has 1 aromatic carbocycles. The van der Waals surface area contributed by atoms with Crippen molar-refractivity contribution in [1.82, 2.24) is 15.0 Å². The summed E-state index contributed by atoms with van der Waals surface area (Å²) < 4.78 is 0. The predicted molar refractivity (Wildman–Crippen MR) is 103 cm³/mol. The standard InChI is InChI=1S/C19H20N6O/c1-13-11-17(25(2)3)24-19(21-13)23-16-8-6-15(7-9-16)22-18(26)14-5-4-10-20-12-14/h4-12H,1-3H3,(H,22,26)(H,21,23,24). The van der Waals surface area contributed by atoms with Gasteiger partial charge < -0.3 is 15.5 Å². The fraction of sp³-hybridized carbons (Fsp3) is 0.158. The summed E-state index contributed by atoms with van der Waals surface area (Å²) >= 11 is 0. The van der Waals surface area contributed by atoms with Gasteiger partial charge in [0.05, 0.1) is 5.56 Å². The highest BCUT2D eigenvalue weighted by molar-refractivity contribution is 6.04. The molecule has 0 radical (unpaired) electrons. The number of aromatic nitrogens is 3. The molecule has 1 amide bonds.